The highest BCUT2D eigenvalue weighted by Crippen LogP contribution is 2.31. The molecule has 3 unspecified atom stereocenters. The topological polar surface area (TPSA) is 24.1 Å². The van der Waals surface area contributed by atoms with Crippen LogP contribution in [0.5, 0.6) is 0 Å². The molecule has 3 atom stereocenters. The first kappa shape index (κ1) is 10.4. The van der Waals surface area contributed by atoms with Crippen molar-refractivity contribution >= 4 is 0 Å². The summed E-state index contributed by atoms with van der Waals surface area (Å²) < 4.78 is 0. The second-order valence-electron chi connectivity index (χ2n) is 4.86. The molecule has 1 aliphatic carbocycles. The molecule has 2 aliphatic rings. The van der Waals surface area contributed by atoms with Gasteiger partial charge in [-0.05, 0) is 51.1 Å². The lowest BCUT2D eigenvalue weighted by Gasteiger charge is -2.26. The van der Waals surface area contributed by atoms with Gasteiger partial charge in [-0.1, -0.05) is 13.3 Å². The molecule has 0 spiro atoms. The zero-order valence-electron chi connectivity index (χ0n) is 9.39. The molecule has 2 rings (SSSR count). The average molecular weight is 196 g/mol. The molecule has 0 radical (unpaired) electrons. The Morgan fingerprint density at radius 2 is 2.14 bits per heavy atom. The maximum Gasteiger partial charge on any atom is 0.0111 e. The van der Waals surface area contributed by atoms with E-state index in [1.165, 1.54) is 51.6 Å². The molecule has 0 aromatic carbocycles. The summed E-state index contributed by atoms with van der Waals surface area (Å²) in [5.41, 5.74) is 0. The second kappa shape index (κ2) is 5.13. The van der Waals surface area contributed by atoms with Crippen LogP contribution in [0.15, 0.2) is 0 Å². The SMILES string of the molecule is CCCNC1CCCC1C1CCCN1. The van der Waals surface area contributed by atoms with Gasteiger partial charge in [0.25, 0.3) is 0 Å². The van der Waals surface area contributed by atoms with Crippen molar-refractivity contribution in [1.82, 2.24) is 10.6 Å². The van der Waals surface area contributed by atoms with E-state index in [2.05, 4.69) is 17.6 Å². The summed E-state index contributed by atoms with van der Waals surface area (Å²) in [6.07, 6.45) is 8.35. The quantitative estimate of drug-likeness (QED) is 0.717. The zero-order chi connectivity index (χ0) is 9.80. The first-order chi connectivity index (χ1) is 6.92. The molecule has 0 bridgehead atoms. The summed E-state index contributed by atoms with van der Waals surface area (Å²) in [4.78, 5) is 0. The second-order valence-corrected chi connectivity index (χ2v) is 4.86. The molecule has 0 amide bonds. The largest absolute Gasteiger partial charge is 0.314 e. The maximum atomic E-state index is 3.72. The van der Waals surface area contributed by atoms with Crippen LogP contribution >= 0.6 is 0 Å². The van der Waals surface area contributed by atoms with Crippen molar-refractivity contribution in [3.8, 4) is 0 Å². The molecule has 1 heterocycles. The van der Waals surface area contributed by atoms with Gasteiger partial charge in [-0.25, -0.2) is 0 Å². The number of nitrogens with one attached hydrogen (secondary N) is 2. The molecule has 82 valence electrons. The van der Waals surface area contributed by atoms with Crippen LogP contribution < -0.4 is 10.6 Å². The Kier molecular flexibility index (Phi) is 3.82. The molecule has 1 saturated heterocycles. The maximum absolute atomic E-state index is 3.72. The van der Waals surface area contributed by atoms with Crippen molar-refractivity contribution in [2.45, 2.75) is 57.5 Å². The molecular formula is C12H24N2. The van der Waals surface area contributed by atoms with Gasteiger partial charge in [0.05, 0.1) is 0 Å². The molecule has 1 aliphatic heterocycles. The number of rotatable bonds is 4. The van der Waals surface area contributed by atoms with Gasteiger partial charge in [0.1, 0.15) is 0 Å². The van der Waals surface area contributed by atoms with Crippen LogP contribution in [0.4, 0.5) is 0 Å². The van der Waals surface area contributed by atoms with E-state index < -0.39 is 0 Å². The fourth-order valence-corrected chi connectivity index (χ4v) is 3.13. The Labute approximate surface area is 87.8 Å². The molecule has 2 heteroatoms. The fraction of sp³-hybridized carbons (Fsp3) is 1.00. The number of hydrogen-bond acceptors (Lipinski definition) is 2. The lowest BCUT2D eigenvalue weighted by molar-refractivity contribution is 0.321. The van der Waals surface area contributed by atoms with Crippen molar-refractivity contribution in [2.75, 3.05) is 13.1 Å². The van der Waals surface area contributed by atoms with Crippen LogP contribution in [0.25, 0.3) is 0 Å². The van der Waals surface area contributed by atoms with Gasteiger partial charge in [-0.15, -0.1) is 0 Å². The van der Waals surface area contributed by atoms with E-state index >= 15 is 0 Å². The minimum atomic E-state index is 0.811. The zero-order valence-corrected chi connectivity index (χ0v) is 9.39. The Hall–Kier alpha value is -0.0800. The van der Waals surface area contributed by atoms with Crippen molar-refractivity contribution < 1.29 is 0 Å². The minimum Gasteiger partial charge on any atom is -0.314 e. The van der Waals surface area contributed by atoms with E-state index in [1.807, 2.05) is 0 Å². The van der Waals surface area contributed by atoms with Crippen molar-refractivity contribution in [2.24, 2.45) is 5.92 Å². The van der Waals surface area contributed by atoms with Crippen LogP contribution in [-0.4, -0.2) is 25.2 Å². The number of hydrogen-bond donors (Lipinski definition) is 2. The van der Waals surface area contributed by atoms with E-state index in [0.717, 1.165) is 18.0 Å². The summed E-state index contributed by atoms with van der Waals surface area (Å²) in [5, 5.41) is 7.38. The van der Waals surface area contributed by atoms with Crippen LogP contribution in [-0.2, 0) is 0 Å². The normalized spacial score (nSPS) is 37.9. The summed E-state index contributed by atoms with van der Waals surface area (Å²) in [5.74, 6) is 0.920. The minimum absolute atomic E-state index is 0.811. The molecular weight excluding hydrogens is 172 g/mol. The van der Waals surface area contributed by atoms with Crippen LogP contribution in [0.2, 0.25) is 0 Å². The fourth-order valence-electron chi connectivity index (χ4n) is 3.13. The van der Waals surface area contributed by atoms with Gasteiger partial charge < -0.3 is 10.6 Å². The standard InChI is InChI=1S/C12H24N2/c1-2-8-13-11-6-3-5-10(11)12-7-4-9-14-12/h10-14H,2-9H2,1H3. The van der Waals surface area contributed by atoms with Crippen molar-refractivity contribution in [3.05, 3.63) is 0 Å². The van der Waals surface area contributed by atoms with Gasteiger partial charge >= 0.3 is 0 Å². The van der Waals surface area contributed by atoms with E-state index in [4.69, 9.17) is 0 Å². The Morgan fingerprint density at radius 1 is 1.21 bits per heavy atom. The molecule has 14 heavy (non-hydrogen) atoms. The third-order valence-electron chi connectivity index (χ3n) is 3.84. The van der Waals surface area contributed by atoms with Gasteiger partial charge in [0.15, 0.2) is 0 Å². The Bertz CT molecular complexity index is 164. The Morgan fingerprint density at radius 3 is 2.86 bits per heavy atom. The highest BCUT2D eigenvalue weighted by Gasteiger charge is 2.34. The lowest BCUT2D eigenvalue weighted by Crippen LogP contribution is -2.42. The van der Waals surface area contributed by atoms with Gasteiger partial charge in [-0.2, -0.15) is 0 Å². The third-order valence-corrected chi connectivity index (χ3v) is 3.84. The molecule has 0 aromatic heterocycles. The predicted molar refractivity (Wildman–Crippen MR) is 60.4 cm³/mol. The first-order valence-electron chi connectivity index (χ1n) is 6.38. The lowest BCUT2D eigenvalue weighted by atomic mass is 9.93. The Balaban J connectivity index is 1.82. The highest BCUT2D eigenvalue weighted by molar-refractivity contribution is 4.92. The summed E-state index contributed by atoms with van der Waals surface area (Å²) in [7, 11) is 0. The monoisotopic (exact) mass is 196 g/mol. The van der Waals surface area contributed by atoms with E-state index in [1.54, 1.807) is 0 Å². The van der Waals surface area contributed by atoms with Gasteiger partial charge in [-0.3, -0.25) is 0 Å². The van der Waals surface area contributed by atoms with E-state index in [9.17, 15) is 0 Å². The summed E-state index contributed by atoms with van der Waals surface area (Å²) in [6.45, 7) is 4.71. The molecule has 2 nitrogen and oxygen atoms in total. The smallest absolute Gasteiger partial charge is 0.0111 e. The summed E-state index contributed by atoms with van der Waals surface area (Å²) >= 11 is 0. The van der Waals surface area contributed by atoms with E-state index in [0.29, 0.717) is 0 Å². The molecule has 2 N–H and O–H groups in total. The van der Waals surface area contributed by atoms with Crippen molar-refractivity contribution in [3.63, 3.8) is 0 Å². The summed E-state index contributed by atoms with van der Waals surface area (Å²) in [6, 6.07) is 1.64. The molecule has 1 saturated carbocycles. The van der Waals surface area contributed by atoms with Crippen LogP contribution in [0.1, 0.15) is 45.4 Å². The van der Waals surface area contributed by atoms with E-state index in [-0.39, 0.29) is 0 Å². The van der Waals surface area contributed by atoms with Gasteiger partial charge in [0, 0.05) is 12.1 Å². The van der Waals surface area contributed by atoms with Crippen LogP contribution in [0.3, 0.4) is 0 Å². The third kappa shape index (κ3) is 2.29. The molecule has 0 aromatic rings. The predicted octanol–water partition coefficient (Wildman–Crippen LogP) is 1.91. The van der Waals surface area contributed by atoms with Crippen molar-refractivity contribution in [1.29, 1.82) is 0 Å². The average Bonchev–Trinajstić information content (AvgIpc) is 2.84. The molecule has 2 fully saturated rings. The highest BCUT2D eigenvalue weighted by atomic mass is 15.0. The van der Waals surface area contributed by atoms with Gasteiger partial charge in [0.2, 0.25) is 0 Å². The van der Waals surface area contributed by atoms with Crippen LogP contribution in [0, 0.1) is 5.92 Å². The first-order valence-corrected chi connectivity index (χ1v) is 6.38.